The summed E-state index contributed by atoms with van der Waals surface area (Å²) in [5, 5.41) is 9.54. The van der Waals surface area contributed by atoms with Crippen LogP contribution in [-0.2, 0) is 0 Å². The van der Waals surface area contributed by atoms with Crippen LogP contribution in [0.3, 0.4) is 0 Å². The number of hydrogen-bond donors (Lipinski definition) is 1. The lowest BCUT2D eigenvalue weighted by molar-refractivity contribution is 0.399. The number of halogens is 1. The predicted molar refractivity (Wildman–Crippen MR) is 51.8 cm³/mol. The molecule has 1 aromatic rings. The van der Waals surface area contributed by atoms with Crippen LogP contribution in [0.2, 0.25) is 0 Å². The maximum absolute atomic E-state index is 9.54. The van der Waals surface area contributed by atoms with Gasteiger partial charge in [-0.1, -0.05) is 0 Å². The van der Waals surface area contributed by atoms with E-state index >= 15 is 0 Å². The summed E-state index contributed by atoms with van der Waals surface area (Å²) in [7, 11) is 1.59. The van der Waals surface area contributed by atoms with E-state index in [1.165, 1.54) is 0 Å². The molecule has 0 aliphatic rings. The van der Waals surface area contributed by atoms with Crippen LogP contribution < -0.4 is 4.74 Å². The zero-order chi connectivity index (χ0) is 9.30. The fraction of sp³-hybridized carbons (Fsp3) is 0.333. The van der Waals surface area contributed by atoms with Crippen LogP contribution in [0.5, 0.6) is 11.5 Å². The number of aryl methyl sites for hydroxylation is 1. The molecule has 0 fully saturated rings. The molecule has 0 radical (unpaired) electrons. The van der Waals surface area contributed by atoms with Gasteiger partial charge >= 0.3 is 0 Å². The van der Waals surface area contributed by atoms with Crippen molar-refractivity contribution < 1.29 is 9.84 Å². The van der Waals surface area contributed by atoms with E-state index in [0.717, 1.165) is 15.6 Å². The van der Waals surface area contributed by atoms with E-state index in [0.29, 0.717) is 11.5 Å². The van der Waals surface area contributed by atoms with Crippen molar-refractivity contribution in [1.82, 2.24) is 0 Å². The summed E-state index contributed by atoms with van der Waals surface area (Å²) in [4.78, 5) is 0. The maximum atomic E-state index is 9.54. The van der Waals surface area contributed by atoms with Gasteiger partial charge in [-0.3, -0.25) is 0 Å². The number of phenolic OH excluding ortho intramolecular Hbond substituents is 1. The molecule has 0 unspecified atom stereocenters. The first-order valence-corrected chi connectivity index (χ1v) is 4.40. The van der Waals surface area contributed by atoms with E-state index in [-0.39, 0.29) is 0 Å². The van der Waals surface area contributed by atoms with Crippen LogP contribution in [0.1, 0.15) is 11.1 Å². The second kappa shape index (κ2) is 3.35. The Morgan fingerprint density at radius 2 is 2.00 bits per heavy atom. The Kier molecular flexibility index (Phi) is 2.62. The molecule has 1 N–H and O–H groups in total. The lowest BCUT2D eigenvalue weighted by atomic mass is 10.1. The van der Waals surface area contributed by atoms with Crippen LogP contribution in [-0.4, -0.2) is 12.2 Å². The van der Waals surface area contributed by atoms with Crippen molar-refractivity contribution in [2.24, 2.45) is 0 Å². The number of rotatable bonds is 1. The van der Waals surface area contributed by atoms with Crippen molar-refractivity contribution >= 4 is 15.9 Å². The van der Waals surface area contributed by atoms with Crippen molar-refractivity contribution in [1.29, 1.82) is 0 Å². The molecule has 0 saturated heterocycles. The van der Waals surface area contributed by atoms with Gasteiger partial charge in [0.05, 0.1) is 11.6 Å². The van der Waals surface area contributed by atoms with Crippen LogP contribution in [0.25, 0.3) is 0 Å². The minimum atomic E-state index is 0.301. The van der Waals surface area contributed by atoms with Gasteiger partial charge in [0.1, 0.15) is 11.5 Å². The molecular weight excluding hydrogens is 220 g/mol. The van der Waals surface area contributed by atoms with Gasteiger partial charge in [0.2, 0.25) is 0 Å². The van der Waals surface area contributed by atoms with Crippen molar-refractivity contribution in [2.75, 3.05) is 7.11 Å². The van der Waals surface area contributed by atoms with E-state index in [1.54, 1.807) is 7.11 Å². The molecule has 0 aliphatic heterocycles. The summed E-state index contributed by atoms with van der Waals surface area (Å²) in [6, 6.07) is 1.83. The largest absolute Gasteiger partial charge is 0.507 e. The molecule has 0 saturated carbocycles. The summed E-state index contributed by atoms with van der Waals surface area (Å²) >= 11 is 3.36. The summed E-state index contributed by atoms with van der Waals surface area (Å²) in [5.74, 6) is 0.994. The number of hydrogen-bond acceptors (Lipinski definition) is 2. The molecule has 3 heteroatoms. The first-order chi connectivity index (χ1) is 5.57. The molecule has 12 heavy (non-hydrogen) atoms. The Bertz CT molecular complexity index is 308. The number of methoxy groups -OCH3 is 1. The molecule has 0 spiro atoms. The van der Waals surface area contributed by atoms with Gasteiger partial charge < -0.3 is 9.84 Å². The Labute approximate surface area is 80.3 Å². The van der Waals surface area contributed by atoms with Gasteiger partial charge in [-0.25, -0.2) is 0 Å². The monoisotopic (exact) mass is 230 g/mol. The minimum absolute atomic E-state index is 0.301. The van der Waals surface area contributed by atoms with E-state index in [4.69, 9.17) is 4.74 Å². The first kappa shape index (κ1) is 9.39. The number of phenols is 1. The van der Waals surface area contributed by atoms with Crippen molar-refractivity contribution in [3.8, 4) is 11.5 Å². The standard InChI is InChI=1S/C9H11BrO2/c1-5-4-7(10)9(12-3)6(2)8(5)11/h4,11H,1-3H3. The highest BCUT2D eigenvalue weighted by molar-refractivity contribution is 9.10. The van der Waals surface area contributed by atoms with Crippen LogP contribution in [0.15, 0.2) is 10.5 Å². The summed E-state index contributed by atoms with van der Waals surface area (Å²) in [6.07, 6.45) is 0. The molecule has 0 atom stereocenters. The van der Waals surface area contributed by atoms with Crippen molar-refractivity contribution in [3.05, 3.63) is 21.7 Å². The second-order valence-electron chi connectivity index (χ2n) is 2.68. The average Bonchev–Trinajstić information content (AvgIpc) is 2.01. The molecule has 0 aliphatic carbocycles. The molecule has 2 nitrogen and oxygen atoms in total. The topological polar surface area (TPSA) is 29.5 Å². The number of benzene rings is 1. The predicted octanol–water partition coefficient (Wildman–Crippen LogP) is 2.78. The van der Waals surface area contributed by atoms with Gasteiger partial charge in [-0.15, -0.1) is 0 Å². The Hall–Kier alpha value is -0.700. The molecular formula is C9H11BrO2. The smallest absolute Gasteiger partial charge is 0.139 e. The summed E-state index contributed by atoms with van der Waals surface area (Å²) in [6.45, 7) is 3.68. The lowest BCUT2D eigenvalue weighted by Crippen LogP contribution is -1.90. The van der Waals surface area contributed by atoms with E-state index in [9.17, 15) is 5.11 Å². The van der Waals surface area contributed by atoms with E-state index < -0.39 is 0 Å². The van der Waals surface area contributed by atoms with Crippen molar-refractivity contribution in [3.63, 3.8) is 0 Å². The number of ether oxygens (including phenoxy) is 1. The average molecular weight is 231 g/mol. The third-order valence-electron chi connectivity index (χ3n) is 1.83. The molecule has 0 aromatic heterocycles. The fourth-order valence-electron chi connectivity index (χ4n) is 1.16. The number of aromatic hydroxyl groups is 1. The molecule has 1 aromatic carbocycles. The highest BCUT2D eigenvalue weighted by atomic mass is 79.9. The normalized spacial score (nSPS) is 10.0. The highest BCUT2D eigenvalue weighted by Gasteiger charge is 2.10. The zero-order valence-corrected chi connectivity index (χ0v) is 8.90. The molecule has 0 heterocycles. The SMILES string of the molecule is COc1c(Br)cc(C)c(O)c1C. The Balaban J connectivity index is 3.40. The second-order valence-corrected chi connectivity index (χ2v) is 3.54. The van der Waals surface area contributed by atoms with Gasteiger partial charge in [-0.2, -0.15) is 0 Å². The van der Waals surface area contributed by atoms with Gasteiger partial charge in [0, 0.05) is 5.56 Å². The molecule has 1 rings (SSSR count). The maximum Gasteiger partial charge on any atom is 0.139 e. The molecule has 0 amide bonds. The van der Waals surface area contributed by atoms with Gasteiger partial charge in [0.25, 0.3) is 0 Å². The Morgan fingerprint density at radius 3 is 2.50 bits per heavy atom. The summed E-state index contributed by atoms with van der Waals surface area (Å²) < 4.78 is 5.98. The van der Waals surface area contributed by atoms with Crippen molar-refractivity contribution in [2.45, 2.75) is 13.8 Å². The van der Waals surface area contributed by atoms with Gasteiger partial charge in [-0.05, 0) is 41.4 Å². The molecule has 66 valence electrons. The Morgan fingerprint density at radius 1 is 1.42 bits per heavy atom. The fourth-order valence-corrected chi connectivity index (χ4v) is 1.96. The van der Waals surface area contributed by atoms with Crippen LogP contribution >= 0.6 is 15.9 Å². The van der Waals surface area contributed by atoms with E-state index in [1.807, 2.05) is 19.9 Å². The minimum Gasteiger partial charge on any atom is -0.507 e. The van der Waals surface area contributed by atoms with Gasteiger partial charge in [0.15, 0.2) is 0 Å². The lowest BCUT2D eigenvalue weighted by Gasteiger charge is -2.10. The first-order valence-electron chi connectivity index (χ1n) is 3.60. The third kappa shape index (κ3) is 1.41. The summed E-state index contributed by atoms with van der Waals surface area (Å²) in [5.41, 5.74) is 1.62. The van der Waals surface area contributed by atoms with Crippen LogP contribution in [0, 0.1) is 13.8 Å². The zero-order valence-electron chi connectivity index (χ0n) is 7.31. The van der Waals surface area contributed by atoms with E-state index in [2.05, 4.69) is 15.9 Å². The highest BCUT2D eigenvalue weighted by Crippen LogP contribution is 2.36. The quantitative estimate of drug-likeness (QED) is 0.805. The third-order valence-corrected chi connectivity index (χ3v) is 2.42. The van der Waals surface area contributed by atoms with Crippen LogP contribution in [0.4, 0.5) is 0 Å². The molecule has 0 bridgehead atoms.